The van der Waals surface area contributed by atoms with Crippen molar-refractivity contribution in [3.63, 3.8) is 0 Å². The SMILES string of the molecule is Cc1cccc(CSCC(=O)N(Cc2ccc(Br)cc2)C(Cc2ccccc2)C(=O)NC2CCCCC2)c1. The molecule has 4 rings (SSSR count). The average molecular weight is 594 g/mol. The molecule has 1 saturated carbocycles. The first kappa shape index (κ1) is 28.4. The van der Waals surface area contributed by atoms with Crippen molar-refractivity contribution in [1.29, 1.82) is 0 Å². The summed E-state index contributed by atoms with van der Waals surface area (Å²) < 4.78 is 0.990. The lowest BCUT2D eigenvalue weighted by molar-refractivity contribution is -0.139. The quantitative estimate of drug-likeness (QED) is 0.259. The van der Waals surface area contributed by atoms with Crippen LogP contribution in [-0.2, 0) is 28.3 Å². The summed E-state index contributed by atoms with van der Waals surface area (Å²) >= 11 is 5.11. The highest BCUT2D eigenvalue weighted by molar-refractivity contribution is 9.10. The molecule has 0 bridgehead atoms. The number of aryl methyl sites for hydroxylation is 1. The molecule has 0 spiro atoms. The Morgan fingerprint density at radius 1 is 0.921 bits per heavy atom. The molecule has 3 aromatic carbocycles. The highest BCUT2D eigenvalue weighted by Crippen LogP contribution is 2.22. The number of hydrogen-bond donors (Lipinski definition) is 1. The minimum Gasteiger partial charge on any atom is -0.352 e. The van der Waals surface area contributed by atoms with Gasteiger partial charge in [0, 0.05) is 29.2 Å². The van der Waals surface area contributed by atoms with Gasteiger partial charge in [-0.2, -0.15) is 0 Å². The molecule has 6 heteroatoms. The van der Waals surface area contributed by atoms with Crippen LogP contribution in [0.3, 0.4) is 0 Å². The molecule has 1 unspecified atom stereocenters. The van der Waals surface area contributed by atoms with Crippen LogP contribution < -0.4 is 5.32 Å². The summed E-state index contributed by atoms with van der Waals surface area (Å²) in [6.07, 6.45) is 6.03. The summed E-state index contributed by atoms with van der Waals surface area (Å²) in [6.45, 7) is 2.48. The molecule has 0 aliphatic heterocycles. The Morgan fingerprint density at radius 2 is 1.63 bits per heavy atom. The van der Waals surface area contributed by atoms with E-state index in [1.807, 2.05) is 54.6 Å². The zero-order valence-corrected chi connectivity index (χ0v) is 24.5. The van der Waals surface area contributed by atoms with Crippen LogP contribution in [0.2, 0.25) is 0 Å². The Kier molecular flexibility index (Phi) is 10.9. The van der Waals surface area contributed by atoms with Gasteiger partial charge < -0.3 is 10.2 Å². The Bertz CT molecular complexity index is 1180. The van der Waals surface area contributed by atoms with Gasteiger partial charge in [-0.1, -0.05) is 107 Å². The third kappa shape index (κ3) is 8.74. The van der Waals surface area contributed by atoms with Crippen LogP contribution in [0.4, 0.5) is 0 Å². The molecule has 38 heavy (non-hydrogen) atoms. The fourth-order valence-electron chi connectivity index (χ4n) is 5.03. The van der Waals surface area contributed by atoms with E-state index < -0.39 is 6.04 Å². The second kappa shape index (κ2) is 14.5. The van der Waals surface area contributed by atoms with Crippen LogP contribution >= 0.6 is 27.7 Å². The molecule has 2 amide bonds. The van der Waals surface area contributed by atoms with Crippen molar-refractivity contribution in [2.24, 2.45) is 0 Å². The van der Waals surface area contributed by atoms with E-state index in [-0.39, 0.29) is 17.9 Å². The van der Waals surface area contributed by atoms with E-state index in [4.69, 9.17) is 0 Å². The Hall–Kier alpha value is -2.57. The summed E-state index contributed by atoms with van der Waals surface area (Å²) in [6, 6.07) is 26.0. The van der Waals surface area contributed by atoms with Crippen LogP contribution in [0.5, 0.6) is 0 Å². The topological polar surface area (TPSA) is 49.4 Å². The van der Waals surface area contributed by atoms with Crippen LogP contribution in [-0.4, -0.2) is 34.6 Å². The molecule has 3 aromatic rings. The van der Waals surface area contributed by atoms with Crippen molar-refractivity contribution in [3.05, 3.63) is 106 Å². The minimum absolute atomic E-state index is 0.00898. The van der Waals surface area contributed by atoms with E-state index in [0.717, 1.165) is 47.0 Å². The van der Waals surface area contributed by atoms with E-state index in [1.54, 1.807) is 16.7 Å². The van der Waals surface area contributed by atoms with Gasteiger partial charge in [0.2, 0.25) is 11.8 Å². The monoisotopic (exact) mass is 592 g/mol. The molecular formula is C32H37BrN2O2S. The standard InChI is InChI=1S/C32H37BrN2O2S/c1-24-9-8-12-27(19-24)22-38-23-31(36)35(21-26-15-17-28(33)18-16-26)30(20-25-10-4-2-5-11-25)32(37)34-29-13-6-3-7-14-29/h2,4-5,8-12,15-19,29-30H,3,6-7,13-14,20-23H2,1H3,(H,34,37). The van der Waals surface area contributed by atoms with Crippen molar-refractivity contribution < 1.29 is 9.59 Å². The molecule has 0 saturated heterocycles. The first-order valence-electron chi connectivity index (χ1n) is 13.5. The van der Waals surface area contributed by atoms with Crippen LogP contribution in [0.25, 0.3) is 0 Å². The van der Waals surface area contributed by atoms with Crippen LogP contribution in [0.1, 0.15) is 54.4 Å². The summed E-state index contributed by atoms with van der Waals surface area (Å²) in [5.41, 5.74) is 4.48. The smallest absolute Gasteiger partial charge is 0.243 e. The lowest BCUT2D eigenvalue weighted by Crippen LogP contribution is -2.53. The number of amides is 2. The lowest BCUT2D eigenvalue weighted by Gasteiger charge is -2.33. The number of halogens is 1. The van der Waals surface area contributed by atoms with Gasteiger partial charge in [-0.3, -0.25) is 9.59 Å². The van der Waals surface area contributed by atoms with Crippen molar-refractivity contribution in [1.82, 2.24) is 10.2 Å². The molecular weight excluding hydrogens is 556 g/mol. The molecule has 0 heterocycles. The van der Waals surface area contributed by atoms with E-state index in [2.05, 4.69) is 52.4 Å². The molecule has 0 radical (unpaired) electrons. The van der Waals surface area contributed by atoms with Gasteiger partial charge in [0.25, 0.3) is 0 Å². The first-order chi connectivity index (χ1) is 18.5. The third-order valence-corrected chi connectivity index (χ3v) is 8.58. The second-order valence-corrected chi connectivity index (χ2v) is 12.1. The summed E-state index contributed by atoms with van der Waals surface area (Å²) in [4.78, 5) is 29.4. The highest BCUT2D eigenvalue weighted by atomic mass is 79.9. The Morgan fingerprint density at radius 3 is 2.34 bits per heavy atom. The molecule has 4 nitrogen and oxygen atoms in total. The number of carbonyl (C=O) groups is 2. The lowest BCUT2D eigenvalue weighted by atomic mass is 9.94. The number of benzene rings is 3. The molecule has 1 aliphatic carbocycles. The molecule has 1 atom stereocenters. The van der Waals surface area contributed by atoms with Gasteiger partial charge in [0.05, 0.1) is 5.75 Å². The minimum atomic E-state index is -0.574. The van der Waals surface area contributed by atoms with Crippen molar-refractivity contribution in [2.75, 3.05) is 5.75 Å². The van der Waals surface area contributed by atoms with Gasteiger partial charge in [-0.15, -0.1) is 11.8 Å². The highest BCUT2D eigenvalue weighted by Gasteiger charge is 2.31. The molecule has 0 aromatic heterocycles. The van der Waals surface area contributed by atoms with Gasteiger partial charge in [-0.25, -0.2) is 0 Å². The summed E-state index contributed by atoms with van der Waals surface area (Å²) in [7, 11) is 0. The fourth-order valence-corrected chi connectivity index (χ4v) is 6.15. The molecule has 1 aliphatic rings. The summed E-state index contributed by atoms with van der Waals surface area (Å²) in [5, 5.41) is 3.31. The van der Waals surface area contributed by atoms with Crippen molar-refractivity contribution >= 4 is 39.5 Å². The maximum Gasteiger partial charge on any atom is 0.243 e. The van der Waals surface area contributed by atoms with Gasteiger partial charge >= 0.3 is 0 Å². The van der Waals surface area contributed by atoms with Gasteiger partial charge in [-0.05, 0) is 48.6 Å². The zero-order chi connectivity index (χ0) is 26.7. The average Bonchev–Trinajstić information content (AvgIpc) is 2.93. The van der Waals surface area contributed by atoms with Crippen LogP contribution in [0.15, 0.2) is 83.3 Å². The maximum absolute atomic E-state index is 13.8. The molecule has 1 fully saturated rings. The predicted octanol–water partition coefficient (Wildman–Crippen LogP) is 7.08. The second-order valence-electron chi connectivity index (χ2n) is 10.2. The summed E-state index contributed by atoms with van der Waals surface area (Å²) in [5.74, 6) is 1.03. The Labute approximate surface area is 239 Å². The zero-order valence-electron chi connectivity index (χ0n) is 22.1. The number of nitrogens with zero attached hydrogens (tertiary/aromatic N) is 1. The normalized spacial score (nSPS) is 14.6. The van der Waals surface area contributed by atoms with E-state index in [0.29, 0.717) is 18.7 Å². The molecule has 1 N–H and O–H groups in total. The third-order valence-electron chi connectivity index (χ3n) is 7.07. The molecule has 200 valence electrons. The fraction of sp³-hybridized carbons (Fsp3) is 0.375. The first-order valence-corrected chi connectivity index (χ1v) is 15.4. The van der Waals surface area contributed by atoms with Gasteiger partial charge in [0.15, 0.2) is 0 Å². The maximum atomic E-state index is 13.8. The number of rotatable bonds is 11. The number of hydrogen-bond acceptors (Lipinski definition) is 3. The Balaban J connectivity index is 1.56. The van der Waals surface area contributed by atoms with Crippen LogP contribution in [0, 0.1) is 6.92 Å². The van der Waals surface area contributed by atoms with Crippen molar-refractivity contribution in [3.8, 4) is 0 Å². The van der Waals surface area contributed by atoms with E-state index in [9.17, 15) is 9.59 Å². The van der Waals surface area contributed by atoms with Gasteiger partial charge in [0.1, 0.15) is 6.04 Å². The number of carbonyl (C=O) groups excluding carboxylic acids is 2. The number of thioether (sulfide) groups is 1. The largest absolute Gasteiger partial charge is 0.352 e. The van der Waals surface area contributed by atoms with E-state index >= 15 is 0 Å². The predicted molar refractivity (Wildman–Crippen MR) is 161 cm³/mol. The van der Waals surface area contributed by atoms with Crippen molar-refractivity contribution in [2.45, 2.75) is 69.8 Å². The number of nitrogens with one attached hydrogen (secondary N) is 1. The van der Waals surface area contributed by atoms with E-state index in [1.165, 1.54) is 17.5 Å².